The van der Waals surface area contributed by atoms with Crippen LogP contribution < -0.4 is 11.1 Å². The number of carbonyl (C=O) groups excluding carboxylic acids is 2. The van der Waals surface area contributed by atoms with Gasteiger partial charge in [-0.05, 0) is 91.5 Å². The molecule has 0 aliphatic rings. The number of likely N-dealkylation sites (N-methyl/N-ethyl adjacent to an activating group) is 1. The lowest BCUT2D eigenvalue weighted by atomic mass is 9.87. The Morgan fingerprint density at radius 1 is 0.980 bits per heavy atom. The molecule has 2 aromatic heterocycles. The van der Waals surface area contributed by atoms with Crippen molar-refractivity contribution in [2.45, 2.75) is 52.9 Å². The molecule has 0 saturated heterocycles. The zero-order chi connectivity index (χ0) is 38.5. The molecule has 0 spiro atoms. The van der Waals surface area contributed by atoms with Gasteiger partial charge in [0.15, 0.2) is 0 Å². The number of primary amides is 1. The van der Waals surface area contributed by atoms with E-state index in [4.69, 9.17) is 44.6 Å². The fourth-order valence-corrected chi connectivity index (χ4v) is 5.58. The number of methoxy groups -OCH3 is 1. The molecule has 274 valence electrons. The lowest BCUT2D eigenvalue weighted by molar-refractivity contribution is -0.106. The van der Waals surface area contributed by atoms with E-state index in [0.29, 0.717) is 33.1 Å². The predicted molar refractivity (Wildman–Crippen MR) is 212 cm³/mol. The summed E-state index contributed by atoms with van der Waals surface area (Å²) in [7, 11) is 5.14. The number of rotatable bonds is 8. The van der Waals surface area contributed by atoms with Gasteiger partial charge in [0, 0.05) is 49.4 Å². The Kier molecular flexibility index (Phi) is 21.5. The van der Waals surface area contributed by atoms with Crippen molar-refractivity contribution in [3.8, 4) is 11.3 Å². The summed E-state index contributed by atoms with van der Waals surface area (Å²) in [5, 5.41) is 5.70. The number of carbonyl (C=O) groups is 2. The molecule has 0 fully saturated rings. The molecule has 5 aromatic rings. The van der Waals surface area contributed by atoms with Crippen molar-refractivity contribution < 1.29 is 18.7 Å². The van der Waals surface area contributed by atoms with E-state index in [1.165, 1.54) is 11.6 Å². The lowest BCUT2D eigenvalue weighted by Crippen LogP contribution is -2.20. The normalized spacial score (nSPS) is 11.1. The molecule has 3 N–H and O–H groups in total. The van der Waals surface area contributed by atoms with E-state index < -0.39 is 0 Å². The number of nitrogens with zero attached hydrogens (tertiary/aromatic N) is 2. The van der Waals surface area contributed by atoms with Gasteiger partial charge in [0.2, 0.25) is 6.41 Å². The lowest BCUT2D eigenvalue weighted by Gasteiger charge is -2.23. The molecule has 11 heteroatoms. The maximum atomic E-state index is 14.0. The molecule has 0 aliphatic heterocycles. The minimum Gasteiger partial charge on any atom is -0.388 e. The first-order valence-corrected chi connectivity index (χ1v) is 17.5. The van der Waals surface area contributed by atoms with Gasteiger partial charge in [-0.1, -0.05) is 86.8 Å². The summed E-state index contributed by atoms with van der Waals surface area (Å²) in [6.45, 7) is 11.1. The molecule has 2 heterocycles. The van der Waals surface area contributed by atoms with E-state index >= 15 is 0 Å². The number of ether oxygens (including phenoxy) is 1. The number of aromatic nitrogens is 2. The monoisotopic (exact) mass is 756 g/mol. The molecule has 0 aliphatic carbocycles. The Hall–Kier alpha value is -3.92. The van der Waals surface area contributed by atoms with Gasteiger partial charge in [-0.25, -0.2) is 4.39 Å². The fraction of sp³-hybridized carbons (Fsp3) is 0.300. The maximum absolute atomic E-state index is 14.0. The van der Waals surface area contributed by atoms with Crippen LogP contribution in [0.15, 0.2) is 79.0 Å². The van der Waals surface area contributed by atoms with Crippen molar-refractivity contribution in [2.24, 2.45) is 5.73 Å². The quantitative estimate of drug-likeness (QED) is 0.153. The number of aldehydes is 1. The van der Waals surface area contributed by atoms with Crippen LogP contribution in [0.3, 0.4) is 0 Å². The van der Waals surface area contributed by atoms with E-state index in [2.05, 4.69) is 47.6 Å². The number of hydrogen-bond acceptors (Lipinski definition) is 6. The zero-order valence-corrected chi connectivity index (χ0v) is 32.7. The van der Waals surface area contributed by atoms with Gasteiger partial charge in [0.1, 0.15) is 12.1 Å². The second-order valence-electron chi connectivity index (χ2n) is 11.0. The molecule has 5 rings (SSSR count). The summed E-state index contributed by atoms with van der Waals surface area (Å²) >= 11 is 18.6. The van der Waals surface area contributed by atoms with Crippen molar-refractivity contribution in [3.05, 3.63) is 128 Å². The summed E-state index contributed by atoms with van der Waals surface area (Å²) in [6.07, 6.45) is 3.65. The summed E-state index contributed by atoms with van der Waals surface area (Å²) in [6, 6.07) is 21.6. The molecule has 51 heavy (non-hydrogen) atoms. The zero-order valence-electron chi connectivity index (χ0n) is 30.4. The van der Waals surface area contributed by atoms with Gasteiger partial charge < -0.3 is 15.8 Å². The minimum atomic E-state index is -0.249. The molecule has 2 atom stereocenters. The van der Waals surface area contributed by atoms with Gasteiger partial charge in [0.25, 0.3) is 0 Å². The average Bonchev–Trinajstić information content (AvgIpc) is 3.13. The van der Waals surface area contributed by atoms with Crippen LogP contribution >= 0.6 is 34.8 Å². The highest BCUT2D eigenvalue weighted by Crippen LogP contribution is 2.38. The number of nitrogens with one attached hydrogen (secondary N) is 1. The van der Waals surface area contributed by atoms with E-state index in [-0.39, 0.29) is 18.1 Å². The van der Waals surface area contributed by atoms with Crippen LogP contribution in [0.1, 0.15) is 78.7 Å². The molecule has 1 amide bonds. The highest BCUT2D eigenvalue weighted by molar-refractivity contribution is 6.43. The van der Waals surface area contributed by atoms with E-state index in [9.17, 15) is 9.18 Å². The Labute approximate surface area is 316 Å². The van der Waals surface area contributed by atoms with Crippen molar-refractivity contribution in [2.75, 3.05) is 27.8 Å². The van der Waals surface area contributed by atoms with Gasteiger partial charge >= 0.3 is 0 Å². The first-order chi connectivity index (χ1) is 24.5. The fourth-order valence-electron chi connectivity index (χ4n) is 5.03. The number of hydrogen-bond donors (Lipinski definition) is 2. The van der Waals surface area contributed by atoms with Crippen molar-refractivity contribution in [3.63, 3.8) is 0 Å². The minimum absolute atomic E-state index is 0.0918. The van der Waals surface area contributed by atoms with Crippen molar-refractivity contribution >= 4 is 58.4 Å². The SMILES string of the molecule is CC.CCC(C)c1cc(C(CNC)c2cccc(F)c2)nc(-c2cccc(Cl)c2Cl)c1C.COC.NC=O.O=Cc1ccc2ncc(Cl)cc2c1. The summed E-state index contributed by atoms with van der Waals surface area (Å²) in [5.41, 5.74) is 11.4. The average molecular weight is 758 g/mol. The molecule has 0 saturated carbocycles. The first kappa shape index (κ1) is 45.1. The number of nitrogens with two attached hydrogens (primary N) is 1. The third-order valence-electron chi connectivity index (χ3n) is 7.51. The number of amides is 1. The molecule has 7 nitrogen and oxygen atoms in total. The van der Waals surface area contributed by atoms with Crippen molar-refractivity contribution in [1.82, 2.24) is 15.3 Å². The van der Waals surface area contributed by atoms with Crippen LogP contribution in [0.4, 0.5) is 4.39 Å². The van der Waals surface area contributed by atoms with Crippen molar-refractivity contribution in [1.29, 1.82) is 0 Å². The smallest absolute Gasteiger partial charge is 0.204 e. The van der Waals surface area contributed by atoms with Crippen LogP contribution in [-0.2, 0) is 9.53 Å². The highest BCUT2D eigenvalue weighted by Gasteiger charge is 2.22. The molecule has 0 bridgehead atoms. The second kappa shape index (κ2) is 24.3. The maximum Gasteiger partial charge on any atom is 0.204 e. The van der Waals surface area contributed by atoms with Crippen LogP contribution in [0.25, 0.3) is 22.2 Å². The van der Waals surface area contributed by atoms with Gasteiger partial charge in [-0.3, -0.25) is 19.6 Å². The molecular formula is C40H48Cl3FN4O3. The van der Waals surface area contributed by atoms with Crippen LogP contribution in [-0.4, -0.2) is 50.5 Å². The van der Waals surface area contributed by atoms with E-state index in [1.807, 2.05) is 39.1 Å². The van der Waals surface area contributed by atoms with Crippen LogP contribution in [0.5, 0.6) is 0 Å². The number of fused-ring (bicyclic) bond motifs is 1. The van der Waals surface area contributed by atoms with Gasteiger partial charge in [0.05, 0.1) is 32.0 Å². The summed E-state index contributed by atoms with van der Waals surface area (Å²) < 4.78 is 18.2. The summed E-state index contributed by atoms with van der Waals surface area (Å²) in [4.78, 5) is 28.2. The van der Waals surface area contributed by atoms with E-state index in [1.54, 1.807) is 62.9 Å². The number of halogens is 4. The molecular weight excluding hydrogens is 710 g/mol. The highest BCUT2D eigenvalue weighted by atomic mass is 35.5. The topological polar surface area (TPSA) is 107 Å². The Morgan fingerprint density at radius 3 is 2.22 bits per heavy atom. The molecule has 3 aromatic carbocycles. The van der Waals surface area contributed by atoms with Crippen LogP contribution in [0, 0.1) is 12.7 Å². The molecule has 0 radical (unpaired) electrons. The Balaban J connectivity index is 0.000000509. The van der Waals surface area contributed by atoms with E-state index in [0.717, 1.165) is 51.7 Å². The number of pyridine rings is 2. The summed E-state index contributed by atoms with van der Waals surface area (Å²) in [5.74, 6) is 0.0120. The standard InChI is InChI=1S/C25H27Cl2FN2.C10H6ClNO.C2H6O.C2H6.CH3NO/c1-5-15(2)20-13-23(21(14-29-4)17-8-6-9-18(28)12-17)30-25(16(20)3)19-10-7-11-22(26)24(19)27;11-9-4-8-3-7(6-13)1-2-10(8)12-5-9;1-3-2;1-2;2-1-3/h6-13,15,21,29H,5,14H2,1-4H3;1-6H;1-2H3;1-2H3;1H,(H2,2,3). The van der Waals surface area contributed by atoms with Crippen LogP contribution in [0.2, 0.25) is 15.1 Å². The Bertz CT molecular complexity index is 1820. The third-order valence-corrected chi connectivity index (χ3v) is 8.53. The Morgan fingerprint density at radius 2 is 1.63 bits per heavy atom. The van der Waals surface area contributed by atoms with Gasteiger partial charge in [-0.2, -0.15) is 0 Å². The predicted octanol–water partition coefficient (Wildman–Crippen LogP) is 10.5. The number of benzene rings is 3. The first-order valence-electron chi connectivity index (χ1n) is 16.4. The molecule has 2 unspecified atom stereocenters. The third kappa shape index (κ3) is 13.6. The largest absolute Gasteiger partial charge is 0.388 e. The second-order valence-corrected chi connectivity index (χ2v) is 12.2. The van der Waals surface area contributed by atoms with Gasteiger partial charge in [-0.15, -0.1) is 0 Å².